The molecule has 0 saturated heterocycles. The molecule has 0 unspecified atom stereocenters. The molecule has 4 aromatic carbocycles. The fraction of sp³-hybridized carbons (Fsp3) is 0.350. The maximum Gasteiger partial charge on any atom is 0.127 e. The van der Waals surface area contributed by atoms with Crippen LogP contribution in [0.5, 0.6) is 11.5 Å². The molecule has 44 heavy (non-hydrogen) atoms. The van der Waals surface area contributed by atoms with E-state index in [9.17, 15) is 10.2 Å². The predicted octanol–water partition coefficient (Wildman–Crippen LogP) is 7.71. The van der Waals surface area contributed by atoms with Gasteiger partial charge in [0.25, 0.3) is 0 Å². The molecule has 0 aliphatic heterocycles. The number of nitrogens with zero attached hydrogens (tertiary/aromatic N) is 2. The Balaban J connectivity index is 1.15. The van der Waals surface area contributed by atoms with Crippen LogP contribution in [0.2, 0.25) is 0 Å². The molecule has 1 fully saturated rings. The maximum absolute atomic E-state index is 11.4. The molecule has 4 heteroatoms. The molecule has 0 spiro atoms. The number of aliphatic imine (C=N–C) groups is 2. The van der Waals surface area contributed by atoms with E-state index in [1.165, 1.54) is 22.3 Å². The third-order valence-electron chi connectivity index (χ3n) is 10.0. The fourth-order valence-corrected chi connectivity index (χ4v) is 7.16. The second-order valence-electron chi connectivity index (χ2n) is 12.9. The van der Waals surface area contributed by atoms with Gasteiger partial charge in [-0.05, 0) is 109 Å². The molecule has 4 nitrogen and oxygen atoms in total. The number of rotatable bonds is 4. The van der Waals surface area contributed by atoms with E-state index in [1.807, 2.05) is 12.4 Å². The molecule has 8 bridgehead atoms. The highest BCUT2D eigenvalue weighted by Gasteiger charge is 2.24. The van der Waals surface area contributed by atoms with Gasteiger partial charge in [0.1, 0.15) is 11.5 Å². The van der Waals surface area contributed by atoms with Crippen molar-refractivity contribution in [3.8, 4) is 11.5 Å². The zero-order chi connectivity index (χ0) is 29.9. The average Bonchev–Trinajstić information content (AvgIpc) is 3.04. The van der Waals surface area contributed by atoms with Crippen LogP contribution < -0.4 is 0 Å². The van der Waals surface area contributed by atoms with Crippen molar-refractivity contribution in [2.75, 3.05) is 0 Å². The van der Waals surface area contributed by atoms with Crippen LogP contribution in [-0.2, 0) is 51.4 Å². The first kappa shape index (κ1) is 28.6. The lowest BCUT2D eigenvalue weighted by Crippen LogP contribution is -2.27. The first-order valence-corrected chi connectivity index (χ1v) is 16.5. The van der Waals surface area contributed by atoms with Gasteiger partial charge in [-0.2, -0.15) is 0 Å². The Kier molecular flexibility index (Phi) is 8.33. The molecule has 13 rings (SSSR count). The summed E-state index contributed by atoms with van der Waals surface area (Å²) in [5.41, 5.74) is 11.2. The van der Waals surface area contributed by atoms with Crippen molar-refractivity contribution in [2.45, 2.75) is 89.1 Å². The SMILES string of the molecule is Oc1c2ccc(c1C=N[C@H]1CCCC[C@@H]1N=Cc1c3ccc(c1O)CCc1ccc(cc1)CC3)CCc1ccc(cc1)CC2. The normalized spacial score (nSPS) is 20.1. The van der Waals surface area contributed by atoms with Gasteiger partial charge in [0.05, 0.1) is 12.1 Å². The van der Waals surface area contributed by atoms with E-state index in [4.69, 9.17) is 9.98 Å². The Morgan fingerprint density at radius 3 is 1.11 bits per heavy atom. The van der Waals surface area contributed by atoms with Crippen molar-refractivity contribution in [2.24, 2.45) is 9.98 Å². The molecule has 4 aromatic rings. The van der Waals surface area contributed by atoms with Crippen LogP contribution in [0.15, 0.2) is 82.8 Å². The van der Waals surface area contributed by atoms with Crippen LogP contribution in [-0.4, -0.2) is 34.7 Å². The third-order valence-corrected chi connectivity index (χ3v) is 10.0. The molecular weight excluding hydrogens is 540 g/mol. The van der Waals surface area contributed by atoms with Crippen molar-refractivity contribution >= 4 is 12.4 Å². The van der Waals surface area contributed by atoms with E-state index in [1.54, 1.807) is 0 Å². The van der Waals surface area contributed by atoms with Gasteiger partial charge in [0.2, 0.25) is 0 Å². The summed E-state index contributed by atoms with van der Waals surface area (Å²) >= 11 is 0. The van der Waals surface area contributed by atoms with Gasteiger partial charge in [-0.1, -0.05) is 85.6 Å². The second kappa shape index (κ2) is 12.8. The number of benzene rings is 4. The molecule has 1 saturated carbocycles. The quantitative estimate of drug-likeness (QED) is 0.242. The lowest BCUT2D eigenvalue weighted by Gasteiger charge is -2.26. The summed E-state index contributed by atoms with van der Waals surface area (Å²) in [4.78, 5) is 10.2. The smallest absolute Gasteiger partial charge is 0.127 e. The Bertz CT molecular complexity index is 1560. The molecule has 9 aliphatic rings. The molecule has 2 atom stereocenters. The van der Waals surface area contributed by atoms with E-state index in [0.717, 1.165) is 110 Å². The van der Waals surface area contributed by atoms with Crippen LogP contribution in [0.1, 0.15) is 81.3 Å². The molecule has 9 aliphatic carbocycles. The van der Waals surface area contributed by atoms with E-state index in [0.29, 0.717) is 11.5 Å². The van der Waals surface area contributed by atoms with Crippen molar-refractivity contribution in [1.82, 2.24) is 0 Å². The topological polar surface area (TPSA) is 65.2 Å². The summed E-state index contributed by atoms with van der Waals surface area (Å²) in [5, 5.41) is 22.8. The Morgan fingerprint density at radius 2 is 0.750 bits per heavy atom. The predicted molar refractivity (Wildman–Crippen MR) is 180 cm³/mol. The summed E-state index contributed by atoms with van der Waals surface area (Å²) in [6, 6.07) is 26.5. The number of hydrogen-bond acceptors (Lipinski definition) is 4. The first-order valence-electron chi connectivity index (χ1n) is 16.5. The monoisotopic (exact) mass is 582 g/mol. The number of aromatic hydroxyl groups is 2. The number of phenols is 2. The number of aryl methyl sites for hydroxylation is 8. The zero-order valence-electron chi connectivity index (χ0n) is 25.5. The molecular formula is C40H42N2O2. The lowest BCUT2D eigenvalue weighted by atomic mass is 9.90. The van der Waals surface area contributed by atoms with Gasteiger partial charge in [0.15, 0.2) is 0 Å². The Hall–Kier alpha value is -4.18. The molecule has 2 N–H and O–H groups in total. The lowest BCUT2D eigenvalue weighted by molar-refractivity contribution is 0.390. The summed E-state index contributed by atoms with van der Waals surface area (Å²) in [5.74, 6) is 0.761. The minimum atomic E-state index is 0.0546. The Labute approximate surface area is 261 Å². The van der Waals surface area contributed by atoms with Gasteiger partial charge in [-0.3, -0.25) is 9.98 Å². The van der Waals surface area contributed by atoms with Crippen LogP contribution >= 0.6 is 0 Å². The van der Waals surface area contributed by atoms with E-state index >= 15 is 0 Å². The van der Waals surface area contributed by atoms with Gasteiger partial charge in [0, 0.05) is 23.6 Å². The maximum atomic E-state index is 11.4. The Morgan fingerprint density at radius 1 is 0.432 bits per heavy atom. The van der Waals surface area contributed by atoms with Crippen LogP contribution in [0, 0.1) is 0 Å². The molecule has 0 radical (unpaired) electrons. The van der Waals surface area contributed by atoms with Crippen LogP contribution in [0.25, 0.3) is 0 Å². The van der Waals surface area contributed by atoms with Gasteiger partial charge in [-0.15, -0.1) is 0 Å². The summed E-state index contributed by atoms with van der Waals surface area (Å²) < 4.78 is 0. The average molecular weight is 583 g/mol. The van der Waals surface area contributed by atoms with Gasteiger partial charge >= 0.3 is 0 Å². The number of phenolic OH excluding ortho intramolecular Hbond substituents is 2. The van der Waals surface area contributed by atoms with Crippen molar-refractivity contribution in [1.29, 1.82) is 0 Å². The standard InChI is InChI=1S/C40H42N2O2/c43-39-33-19-15-29-9-5-27(6-10-29)13-17-31(21-23-33)35(39)25-41-37-3-1-2-4-38(37)42-26-36-32-18-14-28-7-11-30(12-8-28)16-20-34(24-22-32)40(36)44/h5-12,21-26,37-38,43-44H,1-4,13-20H2/t37-,38-/m0/s1. The minimum Gasteiger partial charge on any atom is -0.507 e. The largest absolute Gasteiger partial charge is 0.507 e. The molecule has 0 amide bonds. The molecule has 0 aromatic heterocycles. The highest BCUT2D eigenvalue weighted by molar-refractivity contribution is 5.87. The molecule has 224 valence electrons. The highest BCUT2D eigenvalue weighted by atomic mass is 16.3. The van der Waals surface area contributed by atoms with E-state index in [2.05, 4.69) is 72.8 Å². The summed E-state index contributed by atoms with van der Waals surface area (Å²) in [7, 11) is 0. The van der Waals surface area contributed by atoms with Crippen LogP contribution in [0.4, 0.5) is 0 Å². The van der Waals surface area contributed by atoms with Gasteiger partial charge < -0.3 is 10.2 Å². The highest BCUT2D eigenvalue weighted by Crippen LogP contribution is 2.32. The zero-order valence-corrected chi connectivity index (χ0v) is 25.5. The summed E-state index contributed by atoms with van der Waals surface area (Å²) in [6.45, 7) is 0. The van der Waals surface area contributed by atoms with Crippen molar-refractivity contribution < 1.29 is 10.2 Å². The van der Waals surface area contributed by atoms with Crippen molar-refractivity contribution in [3.05, 3.63) is 128 Å². The minimum absolute atomic E-state index is 0.0546. The van der Waals surface area contributed by atoms with Crippen LogP contribution in [0.3, 0.4) is 0 Å². The van der Waals surface area contributed by atoms with Gasteiger partial charge in [-0.25, -0.2) is 0 Å². The van der Waals surface area contributed by atoms with E-state index in [-0.39, 0.29) is 12.1 Å². The number of hydrogen-bond donors (Lipinski definition) is 2. The van der Waals surface area contributed by atoms with Crippen molar-refractivity contribution in [3.63, 3.8) is 0 Å². The fourth-order valence-electron chi connectivity index (χ4n) is 7.16. The summed E-state index contributed by atoms with van der Waals surface area (Å²) in [6.07, 6.45) is 15.1. The third kappa shape index (κ3) is 6.22. The first-order chi connectivity index (χ1) is 21.6. The second-order valence-corrected chi connectivity index (χ2v) is 12.9. The van der Waals surface area contributed by atoms with E-state index < -0.39 is 0 Å². The molecule has 0 heterocycles.